The standard InChI is InChI=1S/C6H9BrO/c7-4-6(8)5-2-1-3-5/h5H,1-4H2. The number of alkyl halides is 1. The Labute approximate surface area is 57.6 Å². The molecule has 0 N–H and O–H groups in total. The largest absolute Gasteiger partial charge is 0.298 e. The molecule has 0 aromatic carbocycles. The van der Waals surface area contributed by atoms with E-state index in [-0.39, 0.29) is 0 Å². The molecule has 0 radical (unpaired) electrons. The number of carbonyl (C=O) groups excluding carboxylic acids is 1. The molecule has 1 nitrogen and oxygen atoms in total. The van der Waals surface area contributed by atoms with Gasteiger partial charge < -0.3 is 0 Å². The van der Waals surface area contributed by atoms with Crippen LogP contribution < -0.4 is 0 Å². The maximum atomic E-state index is 10.7. The van der Waals surface area contributed by atoms with Crippen LogP contribution in [0, 0.1) is 5.92 Å². The number of halogens is 1. The molecule has 0 amide bonds. The molecule has 0 spiro atoms. The fourth-order valence-corrected chi connectivity index (χ4v) is 1.30. The van der Waals surface area contributed by atoms with E-state index in [0.717, 1.165) is 12.8 Å². The lowest BCUT2D eigenvalue weighted by molar-refractivity contribution is -0.122. The molecule has 0 unspecified atom stereocenters. The summed E-state index contributed by atoms with van der Waals surface area (Å²) in [7, 11) is 0. The zero-order valence-corrected chi connectivity index (χ0v) is 6.28. The highest BCUT2D eigenvalue weighted by atomic mass is 79.9. The van der Waals surface area contributed by atoms with Crippen LogP contribution in [0.25, 0.3) is 0 Å². The van der Waals surface area contributed by atoms with Crippen LogP contribution in [0.4, 0.5) is 0 Å². The smallest absolute Gasteiger partial charge is 0.146 e. The quantitative estimate of drug-likeness (QED) is 0.587. The highest BCUT2D eigenvalue weighted by Crippen LogP contribution is 2.27. The molecule has 0 bridgehead atoms. The van der Waals surface area contributed by atoms with Crippen molar-refractivity contribution in [3.63, 3.8) is 0 Å². The highest BCUT2D eigenvalue weighted by molar-refractivity contribution is 9.09. The lowest BCUT2D eigenvalue weighted by atomic mass is 9.83. The van der Waals surface area contributed by atoms with Crippen LogP contribution in [0.2, 0.25) is 0 Å². The average Bonchev–Trinajstić information content (AvgIpc) is 1.62. The first-order valence-electron chi connectivity index (χ1n) is 2.93. The van der Waals surface area contributed by atoms with Crippen LogP contribution in [-0.4, -0.2) is 11.1 Å². The van der Waals surface area contributed by atoms with Gasteiger partial charge in [-0.1, -0.05) is 22.4 Å². The molecule has 8 heavy (non-hydrogen) atoms. The molecule has 0 aromatic heterocycles. The summed E-state index contributed by atoms with van der Waals surface area (Å²) in [5.41, 5.74) is 0. The van der Waals surface area contributed by atoms with Crippen molar-refractivity contribution in [1.82, 2.24) is 0 Å². The second-order valence-corrected chi connectivity index (χ2v) is 2.79. The van der Waals surface area contributed by atoms with Crippen molar-refractivity contribution in [1.29, 1.82) is 0 Å². The molecule has 0 atom stereocenters. The van der Waals surface area contributed by atoms with E-state index < -0.39 is 0 Å². The second kappa shape index (κ2) is 2.62. The summed E-state index contributed by atoms with van der Waals surface area (Å²) in [5.74, 6) is 0.797. The van der Waals surface area contributed by atoms with Crippen LogP contribution in [0.1, 0.15) is 19.3 Å². The topological polar surface area (TPSA) is 17.1 Å². The Kier molecular flexibility index (Phi) is 2.06. The summed E-state index contributed by atoms with van der Waals surface area (Å²) in [6.07, 6.45) is 3.51. The Morgan fingerprint density at radius 1 is 1.62 bits per heavy atom. The first kappa shape index (κ1) is 6.27. The molecule has 1 aliphatic rings. The van der Waals surface area contributed by atoms with Gasteiger partial charge in [-0.05, 0) is 12.8 Å². The van der Waals surface area contributed by atoms with Crippen molar-refractivity contribution in [3.8, 4) is 0 Å². The van der Waals surface area contributed by atoms with Gasteiger partial charge >= 0.3 is 0 Å². The number of hydrogen-bond acceptors (Lipinski definition) is 1. The number of rotatable bonds is 2. The maximum Gasteiger partial charge on any atom is 0.146 e. The molecule has 1 aliphatic carbocycles. The number of Topliss-reactive ketones (excluding diaryl/α,β-unsaturated/α-hetero) is 1. The molecular weight excluding hydrogens is 168 g/mol. The van der Waals surface area contributed by atoms with Gasteiger partial charge in [0.05, 0.1) is 5.33 Å². The molecule has 2 heteroatoms. The number of ketones is 1. The summed E-state index contributed by atoms with van der Waals surface area (Å²) in [4.78, 5) is 10.7. The first-order chi connectivity index (χ1) is 3.84. The minimum Gasteiger partial charge on any atom is -0.298 e. The third-order valence-electron chi connectivity index (χ3n) is 1.69. The zero-order chi connectivity index (χ0) is 5.98. The molecule has 46 valence electrons. The minimum absolute atomic E-state index is 0.385. The van der Waals surface area contributed by atoms with Gasteiger partial charge in [0.2, 0.25) is 0 Å². The summed E-state index contributed by atoms with van der Waals surface area (Å²) < 4.78 is 0. The van der Waals surface area contributed by atoms with E-state index >= 15 is 0 Å². The van der Waals surface area contributed by atoms with Crippen molar-refractivity contribution in [2.24, 2.45) is 5.92 Å². The molecule has 0 saturated heterocycles. The Hall–Kier alpha value is 0.150. The van der Waals surface area contributed by atoms with Crippen LogP contribution in [-0.2, 0) is 4.79 Å². The lowest BCUT2D eigenvalue weighted by Crippen LogP contribution is -2.22. The average molecular weight is 177 g/mol. The molecule has 1 saturated carbocycles. The van der Waals surface area contributed by atoms with Gasteiger partial charge in [-0.3, -0.25) is 4.79 Å². The molecule has 0 heterocycles. The van der Waals surface area contributed by atoms with Crippen molar-refractivity contribution < 1.29 is 4.79 Å². The van der Waals surface area contributed by atoms with Gasteiger partial charge in [0.1, 0.15) is 5.78 Å². The minimum atomic E-state index is 0.385. The SMILES string of the molecule is O=C(CBr)C1CCC1. The van der Waals surface area contributed by atoms with E-state index in [9.17, 15) is 4.79 Å². The predicted octanol–water partition coefficient (Wildman–Crippen LogP) is 1.75. The highest BCUT2D eigenvalue weighted by Gasteiger charge is 2.23. The van der Waals surface area contributed by atoms with Gasteiger partial charge in [-0.2, -0.15) is 0 Å². The van der Waals surface area contributed by atoms with Gasteiger partial charge in [0.15, 0.2) is 0 Å². The van der Waals surface area contributed by atoms with E-state index in [4.69, 9.17) is 0 Å². The monoisotopic (exact) mass is 176 g/mol. The van der Waals surface area contributed by atoms with Crippen LogP contribution in [0.15, 0.2) is 0 Å². The Morgan fingerprint density at radius 3 is 2.38 bits per heavy atom. The lowest BCUT2D eigenvalue weighted by Gasteiger charge is -2.22. The van der Waals surface area contributed by atoms with E-state index in [1.165, 1.54) is 6.42 Å². The summed E-state index contributed by atoms with van der Waals surface area (Å²) in [6, 6.07) is 0. The summed E-state index contributed by atoms with van der Waals surface area (Å²) in [5, 5.41) is 0.553. The zero-order valence-electron chi connectivity index (χ0n) is 4.69. The van der Waals surface area contributed by atoms with Crippen LogP contribution >= 0.6 is 15.9 Å². The van der Waals surface area contributed by atoms with Crippen LogP contribution in [0.3, 0.4) is 0 Å². The van der Waals surface area contributed by atoms with Gasteiger partial charge in [-0.25, -0.2) is 0 Å². The number of hydrogen-bond donors (Lipinski definition) is 0. The van der Waals surface area contributed by atoms with Gasteiger partial charge in [-0.15, -0.1) is 0 Å². The third kappa shape index (κ3) is 1.10. The maximum absolute atomic E-state index is 10.7. The fourth-order valence-electron chi connectivity index (χ4n) is 0.839. The summed E-state index contributed by atoms with van der Waals surface area (Å²) in [6.45, 7) is 0. The predicted molar refractivity (Wildman–Crippen MR) is 36.1 cm³/mol. The molecule has 1 fully saturated rings. The van der Waals surface area contributed by atoms with Crippen molar-refractivity contribution in [2.45, 2.75) is 19.3 Å². The van der Waals surface area contributed by atoms with Gasteiger partial charge in [0, 0.05) is 5.92 Å². The van der Waals surface area contributed by atoms with E-state index in [2.05, 4.69) is 15.9 Å². The third-order valence-corrected chi connectivity index (χ3v) is 2.24. The van der Waals surface area contributed by atoms with Crippen molar-refractivity contribution in [2.75, 3.05) is 5.33 Å². The van der Waals surface area contributed by atoms with E-state index in [1.807, 2.05) is 0 Å². The second-order valence-electron chi connectivity index (χ2n) is 2.23. The first-order valence-corrected chi connectivity index (χ1v) is 4.05. The Balaban J connectivity index is 2.24. The van der Waals surface area contributed by atoms with E-state index in [1.54, 1.807) is 0 Å². The van der Waals surface area contributed by atoms with Crippen molar-refractivity contribution in [3.05, 3.63) is 0 Å². The normalized spacial score (nSPS) is 20.1. The van der Waals surface area contributed by atoms with E-state index in [0.29, 0.717) is 17.0 Å². The molecule has 1 rings (SSSR count). The summed E-state index contributed by atoms with van der Waals surface area (Å²) >= 11 is 3.14. The molecule has 0 aromatic rings. The van der Waals surface area contributed by atoms with Crippen molar-refractivity contribution >= 4 is 21.7 Å². The van der Waals surface area contributed by atoms with Gasteiger partial charge in [0.25, 0.3) is 0 Å². The molecule has 0 aliphatic heterocycles. The van der Waals surface area contributed by atoms with Crippen LogP contribution in [0.5, 0.6) is 0 Å². The Morgan fingerprint density at radius 2 is 2.25 bits per heavy atom. The Bertz CT molecular complexity index is 96.7. The molecular formula is C6H9BrO. The fraction of sp³-hybridized carbons (Fsp3) is 0.833. The number of carbonyl (C=O) groups is 1.